The van der Waals surface area contributed by atoms with Crippen LogP contribution in [0, 0.1) is 0 Å². The van der Waals surface area contributed by atoms with Crippen molar-refractivity contribution in [3.63, 3.8) is 0 Å². The fourth-order valence-corrected chi connectivity index (χ4v) is 10.4. The molecule has 0 saturated carbocycles. The van der Waals surface area contributed by atoms with Gasteiger partial charge in [-0.05, 0) is 5.54 Å². The Kier molecular flexibility index (Phi) is 3.03. The third-order valence-electron chi connectivity index (χ3n) is 4.31. The molecule has 12 heavy (non-hydrogen) atoms. The molecule has 0 aromatic rings. The van der Waals surface area contributed by atoms with E-state index in [9.17, 15) is 0 Å². The van der Waals surface area contributed by atoms with Crippen LogP contribution in [0.4, 0.5) is 0 Å². The van der Waals surface area contributed by atoms with Gasteiger partial charge >= 0.3 is 0 Å². The first-order valence-corrected chi connectivity index (χ1v) is 7.95. The summed E-state index contributed by atoms with van der Waals surface area (Å²) in [6, 6.07) is 1.60. The Bertz CT molecular complexity index is 141. The molecule has 0 nitrogen and oxygen atoms in total. The molecule has 0 aliphatic carbocycles. The van der Waals surface area contributed by atoms with Gasteiger partial charge in [0.25, 0.3) is 0 Å². The van der Waals surface area contributed by atoms with Crippen molar-refractivity contribution in [1.82, 2.24) is 0 Å². The van der Waals surface area contributed by atoms with Crippen LogP contribution in [0.25, 0.3) is 0 Å². The Hall–Kier alpha value is 0.217. The summed E-state index contributed by atoms with van der Waals surface area (Å²) in [7, 11) is -0.890. The summed E-state index contributed by atoms with van der Waals surface area (Å²) >= 11 is 0. The maximum Gasteiger partial charge on any atom is 0.0615 e. The van der Waals surface area contributed by atoms with Gasteiger partial charge in [0, 0.05) is 0 Å². The summed E-state index contributed by atoms with van der Waals surface area (Å²) in [5, 5.41) is 0. The average Bonchev–Trinajstić information content (AvgIpc) is 2.31. The maximum absolute atomic E-state index is 2.51. The van der Waals surface area contributed by atoms with E-state index >= 15 is 0 Å². The fraction of sp³-hybridized carbons (Fsp3) is 1.00. The van der Waals surface area contributed by atoms with E-state index in [0.717, 1.165) is 16.6 Å². The molecule has 0 radical (unpaired) electrons. The minimum atomic E-state index is -0.890. The van der Waals surface area contributed by atoms with Crippen LogP contribution in [-0.4, -0.2) is 8.07 Å². The van der Waals surface area contributed by atoms with E-state index in [2.05, 4.69) is 34.6 Å². The number of hydrogen-bond donors (Lipinski definition) is 0. The van der Waals surface area contributed by atoms with Crippen LogP contribution in [0.2, 0.25) is 22.7 Å². The largest absolute Gasteiger partial charge is 0.0651 e. The van der Waals surface area contributed by atoms with Crippen LogP contribution < -0.4 is 0 Å². The van der Waals surface area contributed by atoms with E-state index in [0.29, 0.717) is 0 Å². The van der Waals surface area contributed by atoms with Crippen molar-refractivity contribution in [3.05, 3.63) is 0 Å². The summed E-state index contributed by atoms with van der Waals surface area (Å²) in [5.41, 5.74) is 3.07. The molecule has 72 valence electrons. The highest BCUT2D eigenvalue weighted by atomic mass is 28.3. The molecule has 1 saturated heterocycles. The molecule has 0 aromatic heterocycles. The highest BCUT2D eigenvalue weighted by Crippen LogP contribution is 2.52. The quantitative estimate of drug-likeness (QED) is 0.557. The van der Waals surface area contributed by atoms with Gasteiger partial charge in [-0.15, -0.1) is 0 Å². The van der Waals surface area contributed by atoms with Gasteiger partial charge in [0.1, 0.15) is 0 Å². The lowest BCUT2D eigenvalue weighted by Crippen LogP contribution is -2.41. The molecule has 0 bridgehead atoms. The Balaban J connectivity index is 2.85. The molecule has 1 aliphatic rings. The molecule has 1 aliphatic heterocycles. The predicted molar refractivity (Wildman–Crippen MR) is 59.4 cm³/mol. The van der Waals surface area contributed by atoms with Gasteiger partial charge in [0.2, 0.25) is 0 Å². The average molecular weight is 184 g/mol. The molecule has 1 heteroatoms. The SMILES string of the molecule is CC(C)[Si]1(C(C)C)CCC[C@H]1C. The second kappa shape index (κ2) is 3.53. The third-order valence-corrected chi connectivity index (χ3v) is 12.0. The summed E-state index contributed by atoms with van der Waals surface area (Å²) in [4.78, 5) is 0. The van der Waals surface area contributed by atoms with E-state index < -0.39 is 8.07 Å². The van der Waals surface area contributed by atoms with E-state index in [-0.39, 0.29) is 0 Å². The van der Waals surface area contributed by atoms with Crippen LogP contribution in [0.1, 0.15) is 47.5 Å². The van der Waals surface area contributed by atoms with Crippen molar-refractivity contribution in [2.75, 3.05) is 0 Å². The van der Waals surface area contributed by atoms with Crippen molar-refractivity contribution >= 4 is 8.07 Å². The molecule has 1 fully saturated rings. The highest BCUT2D eigenvalue weighted by Gasteiger charge is 2.46. The van der Waals surface area contributed by atoms with E-state index in [1.54, 1.807) is 6.04 Å². The molecule has 0 aromatic carbocycles. The van der Waals surface area contributed by atoms with Crippen LogP contribution in [0.5, 0.6) is 0 Å². The van der Waals surface area contributed by atoms with Gasteiger partial charge in [0.05, 0.1) is 8.07 Å². The molecule has 0 amide bonds. The van der Waals surface area contributed by atoms with Crippen molar-refractivity contribution in [3.8, 4) is 0 Å². The van der Waals surface area contributed by atoms with Crippen LogP contribution in [0.3, 0.4) is 0 Å². The monoisotopic (exact) mass is 184 g/mol. The zero-order valence-electron chi connectivity index (χ0n) is 9.35. The molecule has 1 rings (SSSR count). The lowest BCUT2D eigenvalue weighted by atomic mass is 10.3. The minimum absolute atomic E-state index is 0.890. The summed E-state index contributed by atoms with van der Waals surface area (Å²) in [6.07, 6.45) is 3.03. The molecule has 0 N–H and O–H groups in total. The summed E-state index contributed by atoms with van der Waals surface area (Å²) in [6.45, 7) is 12.4. The van der Waals surface area contributed by atoms with E-state index in [4.69, 9.17) is 0 Å². The van der Waals surface area contributed by atoms with E-state index in [1.807, 2.05) is 0 Å². The topological polar surface area (TPSA) is 0 Å². The molecule has 1 atom stereocenters. The van der Waals surface area contributed by atoms with Crippen molar-refractivity contribution < 1.29 is 0 Å². The summed E-state index contributed by atoms with van der Waals surface area (Å²) < 4.78 is 0. The van der Waals surface area contributed by atoms with E-state index in [1.165, 1.54) is 12.8 Å². The lowest BCUT2D eigenvalue weighted by molar-refractivity contribution is 0.785. The molecular formula is C11H24Si. The second-order valence-electron chi connectivity index (χ2n) is 5.22. The Labute approximate surface area is 78.8 Å². The van der Waals surface area contributed by atoms with Gasteiger partial charge in [0.15, 0.2) is 0 Å². The summed E-state index contributed by atoms with van der Waals surface area (Å²) in [5.74, 6) is 0. The number of hydrogen-bond acceptors (Lipinski definition) is 0. The first-order valence-electron chi connectivity index (χ1n) is 5.51. The van der Waals surface area contributed by atoms with Crippen molar-refractivity contribution in [2.45, 2.75) is 70.1 Å². The fourth-order valence-electron chi connectivity index (χ4n) is 3.61. The zero-order valence-corrected chi connectivity index (χ0v) is 10.4. The van der Waals surface area contributed by atoms with Gasteiger partial charge in [-0.25, -0.2) is 0 Å². The normalized spacial score (nSPS) is 28.8. The van der Waals surface area contributed by atoms with Gasteiger partial charge in [-0.1, -0.05) is 64.6 Å². The van der Waals surface area contributed by atoms with Crippen LogP contribution in [0.15, 0.2) is 0 Å². The first kappa shape index (κ1) is 10.3. The molecule has 1 heterocycles. The Morgan fingerprint density at radius 2 is 1.58 bits per heavy atom. The zero-order chi connectivity index (χ0) is 9.35. The van der Waals surface area contributed by atoms with Gasteiger partial charge in [-0.2, -0.15) is 0 Å². The first-order chi connectivity index (χ1) is 5.51. The standard InChI is InChI=1S/C11H24Si/c1-9(2)12(10(3)4)8-6-7-11(12)5/h9-11H,6-8H2,1-5H3/t11-/m1/s1. The highest BCUT2D eigenvalue weighted by molar-refractivity contribution is 6.84. The Morgan fingerprint density at radius 3 is 1.75 bits per heavy atom. The van der Waals surface area contributed by atoms with Gasteiger partial charge < -0.3 is 0 Å². The van der Waals surface area contributed by atoms with Crippen LogP contribution >= 0.6 is 0 Å². The second-order valence-corrected chi connectivity index (χ2v) is 11.2. The molecular weight excluding hydrogens is 160 g/mol. The number of rotatable bonds is 2. The minimum Gasteiger partial charge on any atom is -0.0651 e. The maximum atomic E-state index is 2.51. The van der Waals surface area contributed by atoms with Crippen molar-refractivity contribution in [2.24, 2.45) is 0 Å². The lowest BCUT2D eigenvalue weighted by Gasteiger charge is -2.39. The Morgan fingerprint density at radius 1 is 1.08 bits per heavy atom. The smallest absolute Gasteiger partial charge is 0.0615 e. The molecule has 0 unspecified atom stereocenters. The van der Waals surface area contributed by atoms with Crippen LogP contribution in [-0.2, 0) is 0 Å². The predicted octanol–water partition coefficient (Wildman–Crippen LogP) is 4.44. The molecule has 0 spiro atoms. The third kappa shape index (κ3) is 1.36. The van der Waals surface area contributed by atoms with Gasteiger partial charge in [-0.3, -0.25) is 0 Å². The van der Waals surface area contributed by atoms with Crippen molar-refractivity contribution in [1.29, 1.82) is 0 Å².